The molecular weight excluding hydrogens is 326 g/mol. The largest absolute Gasteiger partial charge is 0.457 e. The average Bonchev–Trinajstić information content (AvgIpc) is 3.32. The first-order valence-electron chi connectivity index (χ1n) is 9.34. The highest BCUT2D eigenvalue weighted by atomic mass is 16.5. The highest BCUT2D eigenvalue weighted by molar-refractivity contribution is 6.22. The van der Waals surface area contributed by atoms with Crippen molar-refractivity contribution in [2.24, 2.45) is 23.7 Å². The molecule has 1 aliphatic heterocycles. The number of rotatable bonds is 3. The summed E-state index contributed by atoms with van der Waals surface area (Å²) in [6, 6.07) is 15.1. The fourth-order valence-corrected chi connectivity index (χ4v) is 5.07. The number of hydrogen-bond acceptors (Lipinski definition) is 3. The maximum absolute atomic E-state index is 12.9. The predicted octanol–water partition coefficient (Wildman–Crippen LogP) is 4.32. The van der Waals surface area contributed by atoms with Gasteiger partial charge in [0, 0.05) is 0 Å². The topological polar surface area (TPSA) is 46.6 Å². The molecule has 2 aromatic rings. The van der Waals surface area contributed by atoms with E-state index in [1.807, 2.05) is 55.5 Å². The van der Waals surface area contributed by atoms with Crippen molar-refractivity contribution in [3.63, 3.8) is 0 Å². The Morgan fingerprint density at radius 2 is 1.31 bits per heavy atom. The predicted molar refractivity (Wildman–Crippen MR) is 98.0 cm³/mol. The number of benzene rings is 2. The van der Waals surface area contributed by atoms with Crippen LogP contribution in [-0.4, -0.2) is 11.8 Å². The van der Waals surface area contributed by atoms with E-state index in [-0.39, 0.29) is 23.7 Å². The van der Waals surface area contributed by atoms with Gasteiger partial charge in [-0.3, -0.25) is 14.5 Å². The summed E-state index contributed by atoms with van der Waals surface area (Å²) in [5.74, 6) is 2.12. The number of anilines is 1. The van der Waals surface area contributed by atoms with E-state index < -0.39 is 0 Å². The molecule has 3 aliphatic rings. The molecule has 4 atom stereocenters. The van der Waals surface area contributed by atoms with E-state index in [1.165, 1.54) is 10.5 Å². The van der Waals surface area contributed by atoms with Crippen molar-refractivity contribution in [3.05, 3.63) is 54.1 Å². The first-order chi connectivity index (χ1) is 12.6. The molecule has 2 amide bonds. The van der Waals surface area contributed by atoms with Gasteiger partial charge in [0.1, 0.15) is 11.5 Å². The zero-order chi connectivity index (χ0) is 17.8. The second-order valence-corrected chi connectivity index (χ2v) is 7.81. The highest BCUT2D eigenvalue weighted by Gasteiger charge is 2.61. The number of amides is 2. The Hall–Kier alpha value is -2.62. The number of aryl methyl sites for hydroxylation is 1. The van der Waals surface area contributed by atoms with Gasteiger partial charge in [-0.25, -0.2) is 0 Å². The lowest BCUT2D eigenvalue weighted by Crippen LogP contribution is -2.32. The van der Waals surface area contributed by atoms with E-state index in [4.69, 9.17) is 4.74 Å². The van der Waals surface area contributed by atoms with E-state index >= 15 is 0 Å². The standard InChI is InChI=1S/C22H21NO3/c1-13-2-8-17(9-3-13)26-18-10-6-16(7-11-18)23-21(24)19-14-4-5-15(12-14)20(19)22(23)25/h2-3,6-11,14-15,19-20H,4-5,12H2,1H3/t14-,15-,19-,20+/m0/s1. The summed E-state index contributed by atoms with van der Waals surface area (Å²) >= 11 is 0. The van der Waals surface area contributed by atoms with E-state index in [0.29, 0.717) is 23.3 Å². The minimum absolute atomic E-state index is 0.000553. The Kier molecular flexibility index (Phi) is 3.42. The van der Waals surface area contributed by atoms with Gasteiger partial charge in [0.05, 0.1) is 17.5 Å². The summed E-state index contributed by atoms with van der Waals surface area (Å²) in [6.45, 7) is 2.03. The van der Waals surface area contributed by atoms with Crippen LogP contribution in [0.25, 0.3) is 0 Å². The second kappa shape index (κ2) is 5.70. The van der Waals surface area contributed by atoms with Crippen LogP contribution in [0.4, 0.5) is 5.69 Å². The first-order valence-corrected chi connectivity index (χ1v) is 9.34. The Bertz CT molecular complexity index is 843. The van der Waals surface area contributed by atoms with Crippen molar-refractivity contribution < 1.29 is 14.3 Å². The van der Waals surface area contributed by atoms with Crippen molar-refractivity contribution >= 4 is 17.5 Å². The Morgan fingerprint density at radius 1 is 0.808 bits per heavy atom. The van der Waals surface area contributed by atoms with Crippen LogP contribution in [0.1, 0.15) is 24.8 Å². The van der Waals surface area contributed by atoms with Crippen LogP contribution in [0, 0.1) is 30.6 Å². The van der Waals surface area contributed by atoms with Gasteiger partial charge in [-0.1, -0.05) is 17.7 Å². The van der Waals surface area contributed by atoms with Crippen molar-refractivity contribution in [2.45, 2.75) is 26.2 Å². The van der Waals surface area contributed by atoms with Gasteiger partial charge in [-0.05, 0) is 74.4 Å². The molecule has 2 saturated carbocycles. The molecule has 3 fully saturated rings. The van der Waals surface area contributed by atoms with Crippen molar-refractivity contribution in [1.82, 2.24) is 0 Å². The third-order valence-electron chi connectivity index (χ3n) is 6.28. The van der Waals surface area contributed by atoms with E-state index in [2.05, 4.69) is 0 Å². The van der Waals surface area contributed by atoms with Gasteiger partial charge < -0.3 is 4.74 Å². The lowest BCUT2D eigenvalue weighted by molar-refractivity contribution is -0.123. The van der Waals surface area contributed by atoms with E-state index in [1.54, 1.807) is 0 Å². The molecule has 5 rings (SSSR count). The van der Waals surface area contributed by atoms with Crippen LogP contribution in [0.2, 0.25) is 0 Å². The van der Waals surface area contributed by atoms with Gasteiger partial charge in [0.2, 0.25) is 11.8 Å². The number of imide groups is 1. The Labute approximate surface area is 152 Å². The Morgan fingerprint density at radius 3 is 1.85 bits per heavy atom. The maximum Gasteiger partial charge on any atom is 0.237 e. The fraction of sp³-hybridized carbons (Fsp3) is 0.364. The molecule has 4 nitrogen and oxygen atoms in total. The molecule has 1 heterocycles. The molecule has 2 bridgehead atoms. The summed E-state index contributed by atoms with van der Waals surface area (Å²) in [5, 5.41) is 0. The lowest BCUT2D eigenvalue weighted by Gasteiger charge is -2.19. The SMILES string of the molecule is Cc1ccc(Oc2ccc(N3C(=O)[C@@H]4[C@H]5CC[C@@H](C5)[C@@H]4C3=O)cc2)cc1. The molecule has 2 aromatic carbocycles. The summed E-state index contributed by atoms with van der Waals surface area (Å²) in [4.78, 5) is 27.2. The monoisotopic (exact) mass is 347 g/mol. The Balaban J connectivity index is 1.37. The van der Waals surface area contributed by atoms with Crippen LogP contribution in [0.15, 0.2) is 48.5 Å². The van der Waals surface area contributed by atoms with E-state index in [0.717, 1.165) is 25.0 Å². The highest BCUT2D eigenvalue weighted by Crippen LogP contribution is 2.56. The first kappa shape index (κ1) is 15.6. The minimum atomic E-state index is -0.0789. The smallest absolute Gasteiger partial charge is 0.237 e. The van der Waals surface area contributed by atoms with Crippen LogP contribution < -0.4 is 9.64 Å². The number of nitrogens with zero attached hydrogens (tertiary/aromatic N) is 1. The number of ether oxygens (including phenoxy) is 1. The molecule has 2 aliphatic carbocycles. The van der Waals surface area contributed by atoms with E-state index in [9.17, 15) is 9.59 Å². The summed E-state index contributed by atoms with van der Waals surface area (Å²) in [7, 11) is 0. The summed E-state index contributed by atoms with van der Waals surface area (Å²) in [5.41, 5.74) is 1.84. The maximum atomic E-state index is 12.9. The van der Waals surface area contributed by atoms with Crippen LogP contribution in [0.3, 0.4) is 0 Å². The second-order valence-electron chi connectivity index (χ2n) is 7.81. The molecule has 4 heteroatoms. The van der Waals surface area contributed by atoms with Crippen LogP contribution in [-0.2, 0) is 9.59 Å². The third kappa shape index (κ3) is 2.28. The van der Waals surface area contributed by atoms with Gasteiger partial charge in [-0.15, -0.1) is 0 Å². The van der Waals surface area contributed by atoms with Gasteiger partial charge in [0.25, 0.3) is 0 Å². The summed E-state index contributed by atoms with van der Waals surface area (Å²) < 4.78 is 5.83. The van der Waals surface area contributed by atoms with Crippen molar-refractivity contribution in [2.75, 3.05) is 4.90 Å². The number of hydrogen-bond donors (Lipinski definition) is 0. The number of carbonyl (C=O) groups is 2. The normalized spacial score (nSPS) is 29.3. The minimum Gasteiger partial charge on any atom is -0.457 e. The molecule has 0 radical (unpaired) electrons. The molecule has 26 heavy (non-hydrogen) atoms. The van der Waals surface area contributed by atoms with Crippen molar-refractivity contribution in [1.29, 1.82) is 0 Å². The number of carbonyl (C=O) groups excluding carboxylic acids is 2. The molecule has 0 aromatic heterocycles. The summed E-state index contributed by atoms with van der Waals surface area (Å²) in [6.07, 6.45) is 3.26. The fourth-order valence-electron chi connectivity index (χ4n) is 5.07. The third-order valence-corrected chi connectivity index (χ3v) is 6.28. The molecule has 0 unspecified atom stereocenters. The molecule has 0 spiro atoms. The van der Waals surface area contributed by atoms with Gasteiger partial charge in [0.15, 0.2) is 0 Å². The molecule has 1 saturated heterocycles. The zero-order valence-corrected chi connectivity index (χ0v) is 14.7. The average molecular weight is 347 g/mol. The molecule has 0 N–H and O–H groups in total. The molecule has 132 valence electrons. The van der Waals surface area contributed by atoms with Gasteiger partial charge >= 0.3 is 0 Å². The van der Waals surface area contributed by atoms with Gasteiger partial charge in [-0.2, -0.15) is 0 Å². The van der Waals surface area contributed by atoms with Crippen molar-refractivity contribution in [3.8, 4) is 11.5 Å². The van der Waals surface area contributed by atoms with Crippen LogP contribution in [0.5, 0.6) is 11.5 Å². The molecular formula is C22H21NO3. The lowest BCUT2D eigenvalue weighted by atomic mass is 9.81. The number of fused-ring (bicyclic) bond motifs is 5. The quantitative estimate of drug-likeness (QED) is 0.777. The zero-order valence-electron chi connectivity index (χ0n) is 14.7. The van der Waals surface area contributed by atoms with Crippen LogP contribution >= 0.6 is 0 Å².